The highest BCUT2D eigenvalue weighted by molar-refractivity contribution is 5.24. The van der Waals surface area contributed by atoms with Crippen LogP contribution in [0.1, 0.15) is 20.8 Å². The average Bonchev–Trinajstić information content (AvgIpc) is 2.40. The summed E-state index contributed by atoms with van der Waals surface area (Å²) < 4.78 is 11.1. The highest BCUT2D eigenvalue weighted by Crippen LogP contribution is 2.37. The van der Waals surface area contributed by atoms with Gasteiger partial charge in [-0.2, -0.15) is 0 Å². The minimum absolute atomic E-state index is 0.164. The molecule has 0 radical (unpaired) electrons. The number of nitrogens with one attached hydrogen (secondary N) is 1. The Morgan fingerprint density at radius 2 is 2.00 bits per heavy atom. The topological polar surface area (TPSA) is 30.5 Å². The zero-order valence-corrected chi connectivity index (χ0v) is 9.76. The second-order valence-corrected chi connectivity index (χ2v) is 3.82. The van der Waals surface area contributed by atoms with Crippen LogP contribution in [0, 0.1) is 5.92 Å². The lowest BCUT2D eigenvalue weighted by atomic mass is 9.99. The highest BCUT2D eigenvalue weighted by atomic mass is 16.7. The molecule has 2 atom stereocenters. The van der Waals surface area contributed by atoms with E-state index in [4.69, 9.17) is 9.47 Å². The lowest BCUT2D eigenvalue weighted by Crippen LogP contribution is -2.54. The molecule has 0 amide bonds. The van der Waals surface area contributed by atoms with Crippen LogP contribution in [0.15, 0.2) is 11.6 Å². The van der Waals surface area contributed by atoms with Crippen LogP contribution in [0.2, 0.25) is 0 Å². The van der Waals surface area contributed by atoms with Crippen LogP contribution in [0.4, 0.5) is 0 Å². The fourth-order valence-electron chi connectivity index (χ4n) is 2.39. The predicted molar refractivity (Wildman–Crippen MR) is 57.1 cm³/mol. The molecule has 82 valence electrons. The van der Waals surface area contributed by atoms with Crippen LogP contribution >= 0.6 is 0 Å². The molecule has 0 fully saturated rings. The number of ether oxygens (including phenoxy) is 2. The van der Waals surface area contributed by atoms with Crippen molar-refractivity contribution in [1.82, 2.24) is 5.32 Å². The minimum Gasteiger partial charge on any atom is -0.351 e. The van der Waals surface area contributed by atoms with Crippen LogP contribution in [-0.2, 0) is 9.47 Å². The molecule has 0 aromatic carbocycles. The molecule has 0 unspecified atom stereocenters. The van der Waals surface area contributed by atoms with Crippen molar-refractivity contribution < 1.29 is 9.47 Å². The van der Waals surface area contributed by atoms with Crippen LogP contribution in [-0.4, -0.2) is 32.6 Å². The van der Waals surface area contributed by atoms with E-state index in [0.717, 1.165) is 6.54 Å². The molecule has 0 spiro atoms. The summed E-state index contributed by atoms with van der Waals surface area (Å²) in [6, 6.07) is 0.164. The predicted octanol–water partition coefficient (Wildman–Crippen LogP) is 1.55. The van der Waals surface area contributed by atoms with Gasteiger partial charge in [-0.25, -0.2) is 0 Å². The first-order valence-corrected chi connectivity index (χ1v) is 5.14. The van der Waals surface area contributed by atoms with Gasteiger partial charge in [0.1, 0.15) is 0 Å². The molecule has 0 saturated carbocycles. The highest BCUT2D eigenvalue weighted by Gasteiger charge is 2.48. The van der Waals surface area contributed by atoms with Crippen molar-refractivity contribution in [3.05, 3.63) is 11.6 Å². The van der Waals surface area contributed by atoms with E-state index in [0.29, 0.717) is 0 Å². The fourth-order valence-corrected chi connectivity index (χ4v) is 2.39. The average molecular weight is 199 g/mol. The number of hydrogen-bond donors (Lipinski definition) is 1. The number of likely N-dealkylation sites (N-methyl/N-ethyl adjacent to an activating group) is 1. The van der Waals surface area contributed by atoms with Crippen molar-refractivity contribution in [2.75, 3.05) is 20.8 Å². The van der Waals surface area contributed by atoms with E-state index in [1.54, 1.807) is 14.2 Å². The Labute approximate surface area is 86.5 Å². The van der Waals surface area contributed by atoms with E-state index >= 15 is 0 Å². The maximum absolute atomic E-state index is 5.56. The summed E-state index contributed by atoms with van der Waals surface area (Å²) >= 11 is 0. The van der Waals surface area contributed by atoms with Gasteiger partial charge in [0, 0.05) is 20.1 Å². The third-order valence-corrected chi connectivity index (χ3v) is 3.05. The van der Waals surface area contributed by atoms with Crippen LogP contribution in [0.5, 0.6) is 0 Å². The quantitative estimate of drug-likeness (QED) is 0.550. The second-order valence-electron chi connectivity index (χ2n) is 3.82. The molecular weight excluding hydrogens is 178 g/mol. The lowest BCUT2D eigenvalue weighted by Gasteiger charge is -2.37. The van der Waals surface area contributed by atoms with Crippen molar-refractivity contribution in [3.8, 4) is 0 Å². The van der Waals surface area contributed by atoms with E-state index in [1.165, 1.54) is 5.57 Å². The fraction of sp³-hybridized carbons (Fsp3) is 0.818. The van der Waals surface area contributed by atoms with Gasteiger partial charge >= 0.3 is 0 Å². The number of hydrogen-bond acceptors (Lipinski definition) is 3. The standard InChI is InChI=1S/C11H21NO2/c1-6-12-10-8(2)7-9(3)11(10,13-4)14-5/h7,9-10,12H,6H2,1-5H3/t9-,10-/m0/s1. The molecule has 0 aromatic heterocycles. The molecule has 1 aliphatic carbocycles. The maximum atomic E-state index is 5.56. The van der Waals surface area contributed by atoms with Gasteiger partial charge in [0.15, 0.2) is 5.79 Å². The van der Waals surface area contributed by atoms with Gasteiger partial charge < -0.3 is 14.8 Å². The van der Waals surface area contributed by atoms with Gasteiger partial charge in [-0.15, -0.1) is 0 Å². The Kier molecular flexibility index (Phi) is 3.70. The molecule has 3 heteroatoms. The summed E-state index contributed by atoms with van der Waals surface area (Å²) in [4.78, 5) is 0. The molecule has 0 aromatic rings. The first kappa shape index (κ1) is 11.7. The van der Waals surface area contributed by atoms with E-state index < -0.39 is 5.79 Å². The summed E-state index contributed by atoms with van der Waals surface area (Å²) in [6.07, 6.45) is 2.21. The first-order chi connectivity index (χ1) is 6.62. The number of methoxy groups -OCH3 is 2. The molecule has 0 heterocycles. The molecule has 0 aliphatic heterocycles. The van der Waals surface area contributed by atoms with Crippen molar-refractivity contribution >= 4 is 0 Å². The Hall–Kier alpha value is -0.380. The summed E-state index contributed by atoms with van der Waals surface area (Å²) in [5, 5.41) is 3.40. The molecule has 3 nitrogen and oxygen atoms in total. The number of rotatable bonds is 4. The first-order valence-electron chi connectivity index (χ1n) is 5.14. The smallest absolute Gasteiger partial charge is 0.193 e. The summed E-state index contributed by atoms with van der Waals surface area (Å²) in [5.41, 5.74) is 1.29. The van der Waals surface area contributed by atoms with Gasteiger partial charge in [0.2, 0.25) is 0 Å². The Balaban J connectivity index is 2.92. The van der Waals surface area contributed by atoms with Crippen molar-refractivity contribution in [2.24, 2.45) is 5.92 Å². The zero-order valence-electron chi connectivity index (χ0n) is 9.76. The van der Waals surface area contributed by atoms with Gasteiger partial charge in [-0.1, -0.05) is 25.5 Å². The normalized spacial score (nSPS) is 30.5. The lowest BCUT2D eigenvalue weighted by molar-refractivity contribution is -0.232. The van der Waals surface area contributed by atoms with E-state index in [-0.39, 0.29) is 12.0 Å². The third kappa shape index (κ3) is 1.60. The molecular formula is C11H21NO2. The van der Waals surface area contributed by atoms with Gasteiger partial charge in [-0.05, 0) is 13.5 Å². The molecule has 0 saturated heterocycles. The third-order valence-electron chi connectivity index (χ3n) is 3.05. The van der Waals surface area contributed by atoms with Gasteiger partial charge in [0.25, 0.3) is 0 Å². The van der Waals surface area contributed by atoms with Gasteiger partial charge in [-0.3, -0.25) is 0 Å². The molecule has 1 N–H and O–H groups in total. The second kappa shape index (κ2) is 4.43. The SMILES string of the molecule is CCN[C@H]1C(C)=C[C@H](C)C1(OC)OC. The largest absolute Gasteiger partial charge is 0.351 e. The molecule has 1 rings (SSSR count). The molecule has 1 aliphatic rings. The van der Waals surface area contributed by atoms with Crippen LogP contribution < -0.4 is 5.32 Å². The monoisotopic (exact) mass is 199 g/mol. The van der Waals surface area contributed by atoms with Crippen molar-refractivity contribution in [2.45, 2.75) is 32.6 Å². The van der Waals surface area contributed by atoms with Crippen molar-refractivity contribution in [1.29, 1.82) is 0 Å². The van der Waals surface area contributed by atoms with E-state index in [9.17, 15) is 0 Å². The Morgan fingerprint density at radius 3 is 2.43 bits per heavy atom. The van der Waals surface area contributed by atoms with E-state index in [2.05, 4.69) is 32.2 Å². The van der Waals surface area contributed by atoms with Gasteiger partial charge in [0.05, 0.1) is 6.04 Å². The molecule has 0 bridgehead atoms. The molecule has 14 heavy (non-hydrogen) atoms. The Bertz CT molecular complexity index is 221. The Morgan fingerprint density at radius 1 is 1.43 bits per heavy atom. The summed E-state index contributed by atoms with van der Waals surface area (Å²) in [6.45, 7) is 7.24. The summed E-state index contributed by atoms with van der Waals surface area (Å²) in [5.74, 6) is -0.248. The van der Waals surface area contributed by atoms with Crippen LogP contribution in [0.3, 0.4) is 0 Å². The van der Waals surface area contributed by atoms with Crippen molar-refractivity contribution in [3.63, 3.8) is 0 Å². The van der Waals surface area contributed by atoms with Crippen LogP contribution in [0.25, 0.3) is 0 Å². The maximum Gasteiger partial charge on any atom is 0.193 e. The summed E-state index contributed by atoms with van der Waals surface area (Å²) in [7, 11) is 3.41. The van der Waals surface area contributed by atoms with E-state index in [1.807, 2.05) is 0 Å². The zero-order chi connectivity index (χ0) is 10.8. The minimum atomic E-state index is -0.528.